The van der Waals surface area contributed by atoms with E-state index in [1.54, 1.807) is 23.4 Å². The van der Waals surface area contributed by atoms with Crippen molar-refractivity contribution in [3.63, 3.8) is 0 Å². The maximum Gasteiger partial charge on any atom is 0.246 e. The van der Waals surface area contributed by atoms with Crippen LogP contribution in [0.2, 0.25) is 0 Å². The number of hydrogen-bond donors (Lipinski definition) is 1. The van der Waals surface area contributed by atoms with Crippen molar-refractivity contribution in [1.29, 1.82) is 0 Å². The van der Waals surface area contributed by atoms with Crippen LogP contribution < -0.4 is 5.32 Å². The largest absolute Gasteiger partial charge is 0.342 e. The van der Waals surface area contributed by atoms with Gasteiger partial charge in [0, 0.05) is 13.2 Å². The van der Waals surface area contributed by atoms with E-state index < -0.39 is 11.6 Å². The summed E-state index contributed by atoms with van der Waals surface area (Å²) in [5.74, 6) is -0.131. The number of rotatable bonds is 4. The zero-order valence-electron chi connectivity index (χ0n) is 12.5. The molecule has 0 spiro atoms. The van der Waals surface area contributed by atoms with Gasteiger partial charge in [0.05, 0.1) is 12.2 Å². The number of piperazine rings is 1. The first-order chi connectivity index (χ1) is 9.36. The van der Waals surface area contributed by atoms with Gasteiger partial charge in [-0.05, 0) is 26.3 Å². The molecule has 0 radical (unpaired) electrons. The molecule has 1 aliphatic rings. The van der Waals surface area contributed by atoms with Gasteiger partial charge in [-0.25, -0.2) is 0 Å². The van der Waals surface area contributed by atoms with Crippen LogP contribution in [-0.2, 0) is 23.2 Å². The molecule has 1 saturated heterocycles. The molecule has 0 aliphatic carbocycles. The van der Waals surface area contributed by atoms with Crippen LogP contribution in [0.4, 0.5) is 0 Å². The molecule has 1 aromatic heterocycles. The molecule has 1 aromatic rings. The third-order valence-electron chi connectivity index (χ3n) is 3.77. The van der Waals surface area contributed by atoms with Gasteiger partial charge < -0.3 is 10.2 Å². The summed E-state index contributed by atoms with van der Waals surface area (Å²) in [4.78, 5) is 26.4. The first-order valence-electron chi connectivity index (χ1n) is 6.97. The lowest BCUT2D eigenvalue weighted by atomic mass is 9.94. The molecule has 2 heterocycles. The number of carbonyl (C=O) groups excluding carboxylic acids is 2. The van der Waals surface area contributed by atoms with E-state index in [-0.39, 0.29) is 11.8 Å². The predicted octanol–water partition coefficient (Wildman–Crippen LogP) is 0.826. The van der Waals surface area contributed by atoms with Crippen molar-refractivity contribution in [1.82, 2.24) is 20.0 Å². The van der Waals surface area contributed by atoms with E-state index in [0.717, 1.165) is 12.1 Å². The summed E-state index contributed by atoms with van der Waals surface area (Å²) in [6.45, 7) is 5.90. The van der Waals surface area contributed by atoms with Crippen molar-refractivity contribution in [2.45, 2.75) is 51.7 Å². The molecule has 1 unspecified atom stereocenters. The highest BCUT2D eigenvalue weighted by atomic mass is 16.2. The highest BCUT2D eigenvalue weighted by Crippen LogP contribution is 2.24. The fourth-order valence-electron chi connectivity index (χ4n) is 2.45. The Hall–Kier alpha value is -1.85. The maximum absolute atomic E-state index is 12.6. The zero-order valence-corrected chi connectivity index (χ0v) is 12.5. The molecule has 6 heteroatoms. The fraction of sp³-hybridized carbons (Fsp3) is 0.643. The van der Waals surface area contributed by atoms with Gasteiger partial charge in [0.25, 0.3) is 0 Å². The van der Waals surface area contributed by atoms with Crippen LogP contribution in [0, 0.1) is 0 Å². The first-order valence-corrected chi connectivity index (χ1v) is 6.97. The molecule has 1 aliphatic heterocycles. The molecule has 0 aromatic carbocycles. The summed E-state index contributed by atoms with van der Waals surface area (Å²) in [6, 6.07) is 1.45. The third-order valence-corrected chi connectivity index (χ3v) is 3.77. The van der Waals surface area contributed by atoms with Crippen molar-refractivity contribution in [2.24, 2.45) is 7.05 Å². The van der Waals surface area contributed by atoms with E-state index >= 15 is 0 Å². The second kappa shape index (κ2) is 5.26. The summed E-state index contributed by atoms with van der Waals surface area (Å²) < 4.78 is 1.69. The molecule has 110 valence electrons. The second-order valence-corrected chi connectivity index (χ2v) is 5.78. The van der Waals surface area contributed by atoms with Crippen LogP contribution in [0.15, 0.2) is 12.3 Å². The number of aryl methyl sites for hydroxylation is 1. The molecule has 0 saturated carbocycles. The summed E-state index contributed by atoms with van der Waals surface area (Å²) in [5.41, 5.74) is -0.0577. The Morgan fingerprint density at radius 2 is 2.10 bits per heavy atom. The Morgan fingerprint density at radius 1 is 1.40 bits per heavy atom. The number of nitrogens with zero attached hydrogens (tertiary/aromatic N) is 3. The Kier molecular flexibility index (Phi) is 3.83. The van der Waals surface area contributed by atoms with Gasteiger partial charge >= 0.3 is 0 Å². The third kappa shape index (κ3) is 2.55. The molecule has 6 nitrogen and oxygen atoms in total. The summed E-state index contributed by atoms with van der Waals surface area (Å²) in [5, 5.41) is 7.11. The standard InChI is InChI=1S/C14H22N4O2/c1-5-6-11-12(19)18(14(2,3)13(20)15-11)9-10-7-8-17(4)16-10/h7-8,11H,5-6,9H2,1-4H3,(H,15,20). The van der Waals surface area contributed by atoms with Crippen LogP contribution in [0.25, 0.3) is 0 Å². The molecular formula is C14H22N4O2. The number of aromatic nitrogens is 2. The molecule has 1 fully saturated rings. The summed E-state index contributed by atoms with van der Waals surface area (Å²) >= 11 is 0. The molecule has 2 rings (SSSR count). The minimum atomic E-state index is -0.848. The van der Waals surface area contributed by atoms with Gasteiger partial charge in [-0.3, -0.25) is 14.3 Å². The van der Waals surface area contributed by atoms with E-state index in [0.29, 0.717) is 13.0 Å². The van der Waals surface area contributed by atoms with Gasteiger partial charge in [-0.2, -0.15) is 5.10 Å². The van der Waals surface area contributed by atoms with Crippen LogP contribution in [0.3, 0.4) is 0 Å². The van der Waals surface area contributed by atoms with Crippen molar-refractivity contribution in [3.8, 4) is 0 Å². The average molecular weight is 278 g/mol. The highest BCUT2D eigenvalue weighted by Gasteiger charge is 2.45. The number of hydrogen-bond acceptors (Lipinski definition) is 3. The van der Waals surface area contributed by atoms with Crippen LogP contribution >= 0.6 is 0 Å². The van der Waals surface area contributed by atoms with Crippen molar-refractivity contribution < 1.29 is 9.59 Å². The topological polar surface area (TPSA) is 67.2 Å². The molecule has 2 amide bonds. The van der Waals surface area contributed by atoms with Gasteiger partial charge in [0.2, 0.25) is 11.8 Å². The quantitative estimate of drug-likeness (QED) is 0.887. The summed E-state index contributed by atoms with van der Waals surface area (Å²) in [7, 11) is 1.83. The number of amides is 2. The Labute approximate surface area is 119 Å². The lowest BCUT2D eigenvalue weighted by molar-refractivity contribution is -0.156. The highest BCUT2D eigenvalue weighted by molar-refractivity contribution is 5.99. The first kappa shape index (κ1) is 14.6. The van der Waals surface area contributed by atoms with Gasteiger partial charge in [0.1, 0.15) is 11.6 Å². The Balaban J connectivity index is 2.25. The molecule has 0 bridgehead atoms. The predicted molar refractivity (Wildman–Crippen MR) is 74.7 cm³/mol. The number of nitrogens with one attached hydrogen (secondary N) is 1. The monoisotopic (exact) mass is 278 g/mol. The lowest BCUT2D eigenvalue weighted by Gasteiger charge is -2.44. The summed E-state index contributed by atoms with van der Waals surface area (Å²) in [6.07, 6.45) is 3.36. The van der Waals surface area contributed by atoms with E-state index in [9.17, 15) is 9.59 Å². The minimum Gasteiger partial charge on any atom is -0.342 e. The Morgan fingerprint density at radius 3 is 2.65 bits per heavy atom. The number of carbonyl (C=O) groups is 2. The molecule has 20 heavy (non-hydrogen) atoms. The molecule has 1 atom stereocenters. The zero-order chi connectivity index (χ0) is 14.9. The maximum atomic E-state index is 12.6. The van der Waals surface area contributed by atoms with Crippen molar-refractivity contribution in [2.75, 3.05) is 0 Å². The van der Waals surface area contributed by atoms with E-state index in [1.807, 2.05) is 26.2 Å². The lowest BCUT2D eigenvalue weighted by Crippen LogP contribution is -2.67. The van der Waals surface area contributed by atoms with Crippen LogP contribution in [0.1, 0.15) is 39.3 Å². The second-order valence-electron chi connectivity index (χ2n) is 5.78. The van der Waals surface area contributed by atoms with Crippen molar-refractivity contribution in [3.05, 3.63) is 18.0 Å². The SMILES string of the molecule is CCCC1NC(=O)C(C)(C)N(Cc2ccn(C)n2)C1=O. The molecular weight excluding hydrogens is 256 g/mol. The van der Waals surface area contributed by atoms with Gasteiger partial charge in [0.15, 0.2) is 0 Å². The van der Waals surface area contributed by atoms with Crippen molar-refractivity contribution >= 4 is 11.8 Å². The molecule has 1 N–H and O–H groups in total. The van der Waals surface area contributed by atoms with Crippen LogP contribution in [-0.4, -0.2) is 38.1 Å². The van der Waals surface area contributed by atoms with E-state index in [2.05, 4.69) is 10.4 Å². The normalized spacial score (nSPS) is 22.0. The van der Waals surface area contributed by atoms with E-state index in [1.165, 1.54) is 0 Å². The smallest absolute Gasteiger partial charge is 0.246 e. The van der Waals surface area contributed by atoms with Gasteiger partial charge in [-0.1, -0.05) is 13.3 Å². The van der Waals surface area contributed by atoms with Crippen LogP contribution in [0.5, 0.6) is 0 Å². The van der Waals surface area contributed by atoms with E-state index in [4.69, 9.17) is 0 Å². The fourth-order valence-corrected chi connectivity index (χ4v) is 2.45. The van der Waals surface area contributed by atoms with Gasteiger partial charge in [-0.15, -0.1) is 0 Å². The average Bonchev–Trinajstić information content (AvgIpc) is 2.78. The minimum absolute atomic E-state index is 0.0258. The Bertz CT molecular complexity index is 521.